The van der Waals surface area contributed by atoms with Gasteiger partial charge in [0.15, 0.2) is 0 Å². The van der Waals surface area contributed by atoms with Gasteiger partial charge in [-0.15, -0.1) is 11.6 Å². The molecule has 0 atom stereocenters. The molecule has 184 valence electrons. The Balaban J connectivity index is 1.53. The molecule has 0 saturated heterocycles. The molecule has 38 heavy (non-hydrogen) atoms. The Kier molecular flexibility index (Phi) is 5.38. The Morgan fingerprint density at radius 3 is 1.74 bits per heavy atom. The molecular formula is C35H25ClO2. The summed E-state index contributed by atoms with van der Waals surface area (Å²) in [5, 5.41) is 14.5. The molecule has 0 unspecified atom stereocenters. The lowest BCUT2D eigenvalue weighted by atomic mass is 9.67. The number of fused-ring (bicyclic) bond motifs is 5. The normalized spacial score (nSPS) is 13.4. The Bertz CT molecular complexity index is 1790. The van der Waals surface area contributed by atoms with E-state index < -0.39 is 5.41 Å². The van der Waals surface area contributed by atoms with Crippen molar-refractivity contribution in [3.05, 3.63) is 144 Å². The van der Waals surface area contributed by atoms with Crippen molar-refractivity contribution in [2.75, 3.05) is 12.5 Å². The quantitative estimate of drug-likeness (QED) is 0.234. The number of hydrogen-bond acceptors (Lipinski definition) is 2. The first-order valence-corrected chi connectivity index (χ1v) is 13.4. The number of phenols is 1. The molecule has 0 aromatic heterocycles. The fourth-order valence-electron chi connectivity index (χ4n) is 6.19. The molecule has 0 saturated carbocycles. The van der Waals surface area contributed by atoms with Gasteiger partial charge in [0.05, 0.1) is 11.3 Å². The minimum Gasteiger partial charge on any atom is -0.508 e. The van der Waals surface area contributed by atoms with Gasteiger partial charge in [-0.25, -0.2) is 0 Å². The highest BCUT2D eigenvalue weighted by molar-refractivity contribution is 6.18. The lowest BCUT2D eigenvalue weighted by Crippen LogP contribution is -2.28. The van der Waals surface area contributed by atoms with E-state index >= 15 is 0 Å². The Morgan fingerprint density at radius 1 is 0.579 bits per heavy atom. The maximum atomic E-state index is 10.1. The fourth-order valence-corrected chi connectivity index (χ4v) is 6.27. The lowest BCUT2D eigenvalue weighted by Gasteiger charge is -2.34. The van der Waals surface area contributed by atoms with Gasteiger partial charge in [-0.05, 0) is 91.3 Å². The van der Waals surface area contributed by atoms with Crippen molar-refractivity contribution in [2.45, 2.75) is 5.41 Å². The number of benzene rings is 6. The van der Waals surface area contributed by atoms with Gasteiger partial charge in [0, 0.05) is 0 Å². The standard InChI is InChI=1S/C35H25ClO2/c36-17-18-38-30-16-12-24-20-28(14-10-26(24)22-30)35(27-13-9-25-21-29(37)15-11-23(25)19-27)33-7-3-1-5-31(33)32-6-2-4-8-34(32)35/h1-16,19-22,37H,17-18H2. The summed E-state index contributed by atoms with van der Waals surface area (Å²) in [6, 6.07) is 42.7. The topological polar surface area (TPSA) is 29.5 Å². The van der Waals surface area contributed by atoms with Crippen LogP contribution in [0.1, 0.15) is 22.3 Å². The van der Waals surface area contributed by atoms with Gasteiger partial charge in [0.25, 0.3) is 0 Å². The van der Waals surface area contributed by atoms with E-state index in [1.54, 1.807) is 6.07 Å². The Morgan fingerprint density at radius 2 is 1.11 bits per heavy atom. The summed E-state index contributed by atoms with van der Waals surface area (Å²) in [5.41, 5.74) is 7.02. The first kappa shape index (κ1) is 22.9. The largest absolute Gasteiger partial charge is 0.508 e. The van der Waals surface area contributed by atoms with Gasteiger partial charge < -0.3 is 9.84 Å². The van der Waals surface area contributed by atoms with E-state index in [2.05, 4.69) is 97.1 Å². The summed E-state index contributed by atoms with van der Waals surface area (Å²) < 4.78 is 5.77. The molecule has 0 spiro atoms. The zero-order chi connectivity index (χ0) is 25.7. The molecule has 2 nitrogen and oxygen atoms in total. The maximum Gasteiger partial charge on any atom is 0.119 e. The minimum atomic E-state index is -0.485. The monoisotopic (exact) mass is 512 g/mol. The van der Waals surface area contributed by atoms with E-state index in [0.717, 1.165) is 27.3 Å². The van der Waals surface area contributed by atoms with Crippen molar-refractivity contribution in [1.29, 1.82) is 0 Å². The molecule has 0 amide bonds. The molecule has 1 aliphatic rings. The van der Waals surface area contributed by atoms with Gasteiger partial charge in [-0.2, -0.15) is 0 Å². The number of phenolic OH excluding ortho intramolecular Hbond substituents is 1. The first-order valence-electron chi connectivity index (χ1n) is 12.8. The van der Waals surface area contributed by atoms with Crippen LogP contribution in [0.25, 0.3) is 32.7 Å². The van der Waals surface area contributed by atoms with Crippen molar-refractivity contribution < 1.29 is 9.84 Å². The highest BCUT2D eigenvalue weighted by Crippen LogP contribution is 2.56. The summed E-state index contributed by atoms with van der Waals surface area (Å²) in [4.78, 5) is 0. The molecule has 0 fully saturated rings. The van der Waals surface area contributed by atoms with Crippen molar-refractivity contribution >= 4 is 33.1 Å². The van der Waals surface area contributed by atoms with E-state index in [1.165, 1.54) is 33.4 Å². The summed E-state index contributed by atoms with van der Waals surface area (Å²) in [7, 11) is 0. The van der Waals surface area contributed by atoms with E-state index in [9.17, 15) is 5.11 Å². The highest BCUT2D eigenvalue weighted by atomic mass is 35.5. The van der Waals surface area contributed by atoms with Crippen LogP contribution in [0.5, 0.6) is 11.5 Å². The van der Waals surface area contributed by atoms with Crippen LogP contribution in [0, 0.1) is 0 Å². The molecular weight excluding hydrogens is 488 g/mol. The maximum absolute atomic E-state index is 10.1. The summed E-state index contributed by atoms with van der Waals surface area (Å²) >= 11 is 5.83. The molecule has 3 heteroatoms. The van der Waals surface area contributed by atoms with Crippen LogP contribution >= 0.6 is 11.6 Å². The minimum absolute atomic E-state index is 0.278. The predicted molar refractivity (Wildman–Crippen MR) is 157 cm³/mol. The number of alkyl halides is 1. The lowest BCUT2D eigenvalue weighted by molar-refractivity contribution is 0.343. The Labute approximate surface area is 226 Å². The van der Waals surface area contributed by atoms with Crippen LogP contribution in [0.2, 0.25) is 0 Å². The second-order valence-corrected chi connectivity index (χ2v) is 10.2. The van der Waals surface area contributed by atoms with Crippen molar-refractivity contribution in [3.63, 3.8) is 0 Å². The van der Waals surface area contributed by atoms with Gasteiger partial charge in [0.2, 0.25) is 0 Å². The molecule has 1 N–H and O–H groups in total. The molecule has 7 rings (SSSR count). The molecule has 0 radical (unpaired) electrons. The van der Waals surface area contributed by atoms with Crippen LogP contribution in [0.3, 0.4) is 0 Å². The van der Waals surface area contributed by atoms with E-state index in [-0.39, 0.29) is 5.75 Å². The summed E-state index contributed by atoms with van der Waals surface area (Å²) in [6.07, 6.45) is 0. The van der Waals surface area contributed by atoms with E-state index in [1.807, 2.05) is 18.2 Å². The number of halogens is 1. The van der Waals surface area contributed by atoms with Crippen molar-refractivity contribution in [3.8, 4) is 22.6 Å². The van der Waals surface area contributed by atoms with Crippen LogP contribution in [0.15, 0.2) is 121 Å². The summed E-state index contributed by atoms with van der Waals surface area (Å²) in [5.74, 6) is 1.57. The average Bonchev–Trinajstić information content (AvgIpc) is 3.27. The molecule has 6 aromatic carbocycles. The zero-order valence-corrected chi connectivity index (χ0v) is 21.5. The van der Waals surface area contributed by atoms with Crippen LogP contribution in [-0.2, 0) is 5.41 Å². The SMILES string of the molecule is Oc1ccc2cc(C3(c4ccc5cc(OCCCl)ccc5c4)c4ccccc4-c4ccccc43)ccc2c1. The second-order valence-electron chi connectivity index (χ2n) is 9.85. The number of ether oxygens (including phenoxy) is 1. The Hall–Kier alpha value is -4.27. The molecule has 0 bridgehead atoms. The van der Waals surface area contributed by atoms with Gasteiger partial charge in [0.1, 0.15) is 18.1 Å². The van der Waals surface area contributed by atoms with Gasteiger partial charge >= 0.3 is 0 Å². The number of hydrogen-bond donors (Lipinski definition) is 1. The van der Waals surface area contributed by atoms with Gasteiger partial charge in [-0.3, -0.25) is 0 Å². The smallest absolute Gasteiger partial charge is 0.119 e. The van der Waals surface area contributed by atoms with Crippen molar-refractivity contribution in [1.82, 2.24) is 0 Å². The van der Waals surface area contributed by atoms with Gasteiger partial charge in [-0.1, -0.05) is 84.9 Å². The zero-order valence-electron chi connectivity index (χ0n) is 20.7. The van der Waals surface area contributed by atoms with Crippen LogP contribution < -0.4 is 4.74 Å². The van der Waals surface area contributed by atoms with E-state index in [0.29, 0.717) is 12.5 Å². The molecule has 0 aliphatic heterocycles. The van der Waals surface area contributed by atoms with Crippen molar-refractivity contribution in [2.24, 2.45) is 0 Å². The number of rotatable bonds is 5. The average molecular weight is 513 g/mol. The van der Waals surface area contributed by atoms with E-state index in [4.69, 9.17) is 16.3 Å². The van der Waals surface area contributed by atoms with Crippen LogP contribution in [-0.4, -0.2) is 17.6 Å². The molecule has 6 aromatic rings. The highest BCUT2D eigenvalue weighted by Gasteiger charge is 2.46. The summed E-state index contributed by atoms with van der Waals surface area (Å²) in [6.45, 7) is 0.488. The fraction of sp³-hybridized carbons (Fsp3) is 0.0857. The molecule has 0 heterocycles. The molecule has 1 aliphatic carbocycles. The van der Waals surface area contributed by atoms with Crippen LogP contribution in [0.4, 0.5) is 0 Å². The third kappa shape index (κ3) is 3.41. The predicted octanol–water partition coefficient (Wildman–Crippen LogP) is 8.68. The number of aromatic hydroxyl groups is 1. The third-order valence-electron chi connectivity index (χ3n) is 7.80. The third-order valence-corrected chi connectivity index (χ3v) is 7.95. The first-order chi connectivity index (χ1) is 18.7. The second kappa shape index (κ2) is 8.93.